The van der Waals surface area contributed by atoms with Crippen molar-refractivity contribution in [1.82, 2.24) is 15.2 Å². The Morgan fingerprint density at radius 2 is 2.29 bits per heavy atom. The molecule has 3 N–H and O–H groups in total. The van der Waals surface area contributed by atoms with E-state index in [1.807, 2.05) is 11.7 Å². The van der Waals surface area contributed by atoms with Crippen LogP contribution in [-0.4, -0.2) is 21.7 Å². The molecule has 0 aromatic carbocycles. The number of hydrogen-bond acceptors (Lipinski definition) is 3. The zero-order chi connectivity index (χ0) is 12.8. The molecule has 1 unspecified atom stereocenters. The van der Waals surface area contributed by atoms with Crippen LogP contribution in [0, 0.1) is 0 Å². The molecule has 0 saturated carbocycles. The maximum absolute atomic E-state index is 5.70. The zero-order valence-corrected chi connectivity index (χ0v) is 12.7. The lowest BCUT2D eigenvalue weighted by Crippen LogP contribution is -2.37. The van der Waals surface area contributed by atoms with E-state index in [9.17, 15) is 0 Å². The number of halogens is 2. The van der Waals surface area contributed by atoms with Gasteiger partial charge in [-0.3, -0.25) is 16.0 Å². The molecule has 0 amide bonds. The average Bonchev–Trinajstić information content (AvgIpc) is 2.60. The van der Waals surface area contributed by atoms with Crippen LogP contribution in [0.25, 0.3) is 0 Å². The molecule has 17 heavy (non-hydrogen) atoms. The molecule has 0 aliphatic heterocycles. The molecule has 1 rings (SSSR count). The Morgan fingerprint density at radius 3 is 2.76 bits per heavy atom. The standard InChI is InChI=1S/C11H20BrClN4/c1-3-9-11(12)10(17(2)16-9)7-8(15-14)5-4-6-13/h8,15H,3-7,14H2,1-2H3. The fraction of sp³-hybridized carbons (Fsp3) is 0.727. The molecule has 0 aliphatic carbocycles. The van der Waals surface area contributed by atoms with Crippen LogP contribution in [0.15, 0.2) is 4.47 Å². The monoisotopic (exact) mass is 322 g/mol. The van der Waals surface area contributed by atoms with Gasteiger partial charge in [-0.25, -0.2) is 0 Å². The van der Waals surface area contributed by atoms with E-state index in [1.54, 1.807) is 0 Å². The molecule has 98 valence electrons. The summed E-state index contributed by atoms with van der Waals surface area (Å²) >= 11 is 9.31. The summed E-state index contributed by atoms with van der Waals surface area (Å²) in [7, 11) is 1.97. The lowest BCUT2D eigenvalue weighted by atomic mass is 10.1. The number of hydrogen-bond donors (Lipinski definition) is 2. The molecule has 4 nitrogen and oxygen atoms in total. The lowest BCUT2D eigenvalue weighted by Gasteiger charge is -2.15. The Kier molecular flexibility index (Phi) is 6.48. The van der Waals surface area contributed by atoms with Crippen molar-refractivity contribution in [1.29, 1.82) is 0 Å². The maximum Gasteiger partial charge on any atom is 0.0766 e. The molecule has 0 bridgehead atoms. The van der Waals surface area contributed by atoms with Gasteiger partial charge in [-0.05, 0) is 35.2 Å². The van der Waals surface area contributed by atoms with Crippen LogP contribution < -0.4 is 11.3 Å². The van der Waals surface area contributed by atoms with E-state index in [-0.39, 0.29) is 6.04 Å². The van der Waals surface area contributed by atoms with E-state index in [1.165, 1.54) is 5.69 Å². The highest BCUT2D eigenvalue weighted by atomic mass is 79.9. The molecule has 1 heterocycles. The predicted molar refractivity (Wildman–Crippen MR) is 75.1 cm³/mol. The Balaban J connectivity index is 2.75. The molecule has 1 atom stereocenters. The predicted octanol–water partition coefficient (Wildman–Crippen LogP) is 2.14. The fourth-order valence-corrected chi connectivity index (χ4v) is 2.78. The topological polar surface area (TPSA) is 55.9 Å². The van der Waals surface area contributed by atoms with Crippen LogP contribution in [0.5, 0.6) is 0 Å². The van der Waals surface area contributed by atoms with E-state index in [0.717, 1.165) is 35.8 Å². The summed E-state index contributed by atoms with van der Waals surface area (Å²) in [5.41, 5.74) is 5.12. The SMILES string of the molecule is CCc1nn(C)c(CC(CCCCl)NN)c1Br. The Hall–Kier alpha value is -0.100. The summed E-state index contributed by atoms with van der Waals surface area (Å²) in [6.07, 6.45) is 3.72. The molecular formula is C11H20BrClN4. The van der Waals surface area contributed by atoms with Gasteiger partial charge in [-0.2, -0.15) is 5.10 Å². The second kappa shape index (κ2) is 7.36. The van der Waals surface area contributed by atoms with Gasteiger partial charge in [0, 0.05) is 25.4 Å². The smallest absolute Gasteiger partial charge is 0.0766 e. The van der Waals surface area contributed by atoms with Gasteiger partial charge in [0.2, 0.25) is 0 Å². The quantitative estimate of drug-likeness (QED) is 0.459. The number of rotatable bonds is 7. The Morgan fingerprint density at radius 1 is 1.59 bits per heavy atom. The summed E-state index contributed by atoms with van der Waals surface area (Å²) < 4.78 is 3.03. The number of nitrogens with two attached hydrogens (primary N) is 1. The van der Waals surface area contributed by atoms with E-state index in [2.05, 4.69) is 33.4 Å². The van der Waals surface area contributed by atoms with Crippen molar-refractivity contribution in [3.63, 3.8) is 0 Å². The summed E-state index contributed by atoms with van der Waals surface area (Å²) in [6.45, 7) is 2.10. The van der Waals surface area contributed by atoms with Crippen molar-refractivity contribution in [2.75, 3.05) is 5.88 Å². The molecule has 0 saturated heterocycles. The Labute approximate surface area is 116 Å². The molecule has 0 fully saturated rings. The largest absolute Gasteiger partial charge is 0.271 e. The van der Waals surface area contributed by atoms with E-state index in [0.29, 0.717) is 5.88 Å². The first-order valence-electron chi connectivity index (χ1n) is 5.86. The van der Waals surface area contributed by atoms with E-state index >= 15 is 0 Å². The van der Waals surface area contributed by atoms with Crippen molar-refractivity contribution >= 4 is 27.5 Å². The number of hydrazine groups is 1. The van der Waals surface area contributed by atoms with Crippen molar-refractivity contribution in [2.45, 2.75) is 38.6 Å². The first-order valence-corrected chi connectivity index (χ1v) is 7.19. The van der Waals surface area contributed by atoms with E-state index in [4.69, 9.17) is 17.4 Å². The van der Waals surface area contributed by atoms with Gasteiger partial charge in [-0.1, -0.05) is 6.92 Å². The number of aryl methyl sites for hydroxylation is 2. The average molecular weight is 324 g/mol. The highest BCUT2D eigenvalue weighted by Gasteiger charge is 2.16. The second-order valence-corrected chi connectivity index (χ2v) is 5.25. The van der Waals surface area contributed by atoms with Crippen LogP contribution in [-0.2, 0) is 19.9 Å². The van der Waals surface area contributed by atoms with Gasteiger partial charge in [0.05, 0.1) is 15.9 Å². The van der Waals surface area contributed by atoms with Crippen LogP contribution in [0.1, 0.15) is 31.2 Å². The molecule has 1 aromatic rings. The molecular weight excluding hydrogens is 304 g/mol. The van der Waals surface area contributed by atoms with Gasteiger partial charge >= 0.3 is 0 Å². The third-order valence-electron chi connectivity index (χ3n) is 2.86. The van der Waals surface area contributed by atoms with Crippen LogP contribution in [0.4, 0.5) is 0 Å². The fourth-order valence-electron chi connectivity index (χ4n) is 1.84. The maximum atomic E-state index is 5.70. The lowest BCUT2D eigenvalue weighted by molar-refractivity contribution is 0.473. The van der Waals surface area contributed by atoms with Crippen LogP contribution >= 0.6 is 27.5 Å². The minimum Gasteiger partial charge on any atom is -0.271 e. The van der Waals surface area contributed by atoms with E-state index < -0.39 is 0 Å². The third-order valence-corrected chi connectivity index (χ3v) is 4.05. The minimum atomic E-state index is 0.241. The molecule has 1 aromatic heterocycles. The van der Waals surface area contributed by atoms with Crippen molar-refractivity contribution in [3.05, 3.63) is 15.9 Å². The minimum absolute atomic E-state index is 0.241. The van der Waals surface area contributed by atoms with Crippen LogP contribution in [0.2, 0.25) is 0 Å². The summed E-state index contributed by atoms with van der Waals surface area (Å²) in [5.74, 6) is 6.23. The van der Waals surface area contributed by atoms with Gasteiger partial charge in [0.25, 0.3) is 0 Å². The van der Waals surface area contributed by atoms with Gasteiger partial charge in [0.1, 0.15) is 0 Å². The summed E-state index contributed by atoms with van der Waals surface area (Å²) in [5, 5.41) is 4.47. The summed E-state index contributed by atoms with van der Waals surface area (Å²) in [4.78, 5) is 0. The number of nitrogens with one attached hydrogen (secondary N) is 1. The normalized spacial score (nSPS) is 13.0. The molecule has 0 radical (unpaired) electrons. The first kappa shape index (κ1) is 15.0. The van der Waals surface area contributed by atoms with Gasteiger partial charge < -0.3 is 0 Å². The second-order valence-electron chi connectivity index (χ2n) is 4.08. The number of alkyl halides is 1. The Bertz CT molecular complexity index is 353. The first-order chi connectivity index (χ1) is 8.13. The molecule has 0 spiro atoms. The highest BCUT2D eigenvalue weighted by Crippen LogP contribution is 2.23. The highest BCUT2D eigenvalue weighted by molar-refractivity contribution is 9.10. The van der Waals surface area contributed by atoms with Crippen molar-refractivity contribution in [2.24, 2.45) is 12.9 Å². The number of nitrogens with zero attached hydrogens (tertiary/aromatic N) is 2. The van der Waals surface area contributed by atoms with Gasteiger partial charge in [-0.15, -0.1) is 11.6 Å². The van der Waals surface area contributed by atoms with Crippen LogP contribution in [0.3, 0.4) is 0 Å². The molecule has 0 aliphatic rings. The molecule has 6 heteroatoms. The number of aromatic nitrogens is 2. The van der Waals surface area contributed by atoms with Crippen molar-refractivity contribution in [3.8, 4) is 0 Å². The van der Waals surface area contributed by atoms with Crippen molar-refractivity contribution < 1.29 is 0 Å². The third kappa shape index (κ3) is 3.95. The summed E-state index contributed by atoms with van der Waals surface area (Å²) in [6, 6.07) is 0.241. The van der Waals surface area contributed by atoms with Gasteiger partial charge in [0.15, 0.2) is 0 Å². The zero-order valence-electron chi connectivity index (χ0n) is 10.3.